The van der Waals surface area contributed by atoms with Crippen LogP contribution in [0.1, 0.15) is 29.4 Å². The zero-order chi connectivity index (χ0) is 16.8. The van der Waals surface area contributed by atoms with Gasteiger partial charge in [0.05, 0.1) is 4.58 Å². The van der Waals surface area contributed by atoms with Crippen molar-refractivity contribution in [1.82, 2.24) is 10.2 Å². The van der Waals surface area contributed by atoms with Crippen LogP contribution >= 0.6 is 23.5 Å². The second kappa shape index (κ2) is 9.02. The van der Waals surface area contributed by atoms with Crippen LogP contribution in [0.2, 0.25) is 0 Å². The average molecular weight is 367 g/mol. The van der Waals surface area contributed by atoms with E-state index in [1.807, 2.05) is 47.6 Å². The van der Waals surface area contributed by atoms with Gasteiger partial charge in [-0.3, -0.25) is 4.79 Å². The molecule has 1 aromatic rings. The maximum absolute atomic E-state index is 12.3. The van der Waals surface area contributed by atoms with Crippen molar-refractivity contribution in [2.75, 3.05) is 38.2 Å². The number of hydrogen-bond donors (Lipinski definition) is 1. The average Bonchev–Trinajstić information content (AvgIpc) is 2.67. The van der Waals surface area contributed by atoms with E-state index in [4.69, 9.17) is 4.74 Å². The molecule has 0 spiro atoms. The van der Waals surface area contributed by atoms with Gasteiger partial charge in [-0.2, -0.15) is 0 Å². The smallest absolute Gasteiger partial charge is 0.260 e. The van der Waals surface area contributed by atoms with Gasteiger partial charge in [-0.1, -0.05) is 12.1 Å². The van der Waals surface area contributed by atoms with Gasteiger partial charge in [-0.25, -0.2) is 0 Å². The van der Waals surface area contributed by atoms with Crippen LogP contribution in [-0.2, 0) is 4.79 Å². The molecule has 1 aromatic carbocycles. The largest absolute Gasteiger partial charge is 0.484 e. The highest BCUT2D eigenvalue weighted by Crippen LogP contribution is 2.43. The summed E-state index contributed by atoms with van der Waals surface area (Å²) < 4.78 is 6.24. The molecule has 2 fully saturated rings. The molecule has 3 rings (SSSR count). The molecule has 6 heteroatoms. The summed E-state index contributed by atoms with van der Waals surface area (Å²) in [5.74, 6) is 3.36. The number of amides is 1. The van der Waals surface area contributed by atoms with E-state index in [2.05, 4.69) is 17.4 Å². The van der Waals surface area contributed by atoms with Crippen LogP contribution in [0.15, 0.2) is 24.3 Å². The van der Waals surface area contributed by atoms with E-state index >= 15 is 0 Å². The number of nitrogens with zero attached hydrogens (tertiary/aromatic N) is 1. The van der Waals surface area contributed by atoms with E-state index in [9.17, 15) is 4.79 Å². The highest BCUT2D eigenvalue weighted by atomic mass is 32.2. The SMILES string of the molecule is CNC1CCN(C(=O)COc2ccc(C3SCCCS3)cc2)CC1. The summed E-state index contributed by atoms with van der Waals surface area (Å²) in [4.78, 5) is 14.2. The first-order chi connectivity index (χ1) is 11.8. The second-order valence-corrected chi connectivity index (χ2v) is 8.95. The lowest BCUT2D eigenvalue weighted by Gasteiger charge is -2.31. The Morgan fingerprint density at radius 1 is 1.21 bits per heavy atom. The Hall–Kier alpha value is -0.850. The molecular weight excluding hydrogens is 340 g/mol. The van der Waals surface area contributed by atoms with Crippen LogP contribution in [-0.4, -0.2) is 55.1 Å². The Kier molecular flexibility index (Phi) is 6.75. The lowest BCUT2D eigenvalue weighted by molar-refractivity contribution is -0.134. The molecule has 1 N–H and O–H groups in total. The van der Waals surface area contributed by atoms with Crippen LogP contribution in [0.3, 0.4) is 0 Å². The number of benzene rings is 1. The maximum Gasteiger partial charge on any atom is 0.260 e. The normalized spacial score (nSPS) is 20.1. The van der Waals surface area contributed by atoms with E-state index in [0.717, 1.165) is 31.7 Å². The van der Waals surface area contributed by atoms with Crippen LogP contribution in [0, 0.1) is 0 Å². The van der Waals surface area contributed by atoms with Crippen LogP contribution in [0.25, 0.3) is 0 Å². The van der Waals surface area contributed by atoms with Crippen LogP contribution in [0.4, 0.5) is 0 Å². The van der Waals surface area contributed by atoms with Crippen molar-refractivity contribution in [3.05, 3.63) is 29.8 Å². The molecule has 1 amide bonds. The summed E-state index contributed by atoms with van der Waals surface area (Å²) in [6.07, 6.45) is 3.35. The summed E-state index contributed by atoms with van der Waals surface area (Å²) in [5, 5.41) is 3.28. The molecule has 0 aromatic heterocycles. The summed E-state index contributed by atoms with van der Waals surface area (Å²) in [7, 11) is 1.99. The lowest BCUT2D eigenvalue weighted by Crippen LogP contribution is -2.45. The number of piperidine rings is 1. The summed E-state index contributed by atoms with van der Waals surface area (Å²) in [5.41, 5.74) is 1.34. The Balaban J connectivity index is 1.45. The number of ether oxygens (including phenoxy) is 1. The highest BCUT2D eigenvalue weighted by molar-refractivity contribution is 8.16. The van der Waals surface area contributed by atoms with E-state index in [0.29, 0.717) is 10.6 Å². The molecule has 2 aliphatic rings. The molecule has 0 atom stereocenters. The zero-order valence-electron chi connectivity index (χ0n) is 14.2. The lowest BCUT2D eigenvalue weighted by atomic mass is 10.1. The van der Waals surface area contributed by atoms with E-state index in [1.165, 1.54) is 23.5 Å². The molecule has 2 aliphatic heterocycles. The Labute approximate surface area is 153 Å². The van der Waals surface area contributed by atoms with E-state index in [-0.39, 0.29) is 12.5 Å². The topological polar surface area (TPSA) is 41.6 Å². The van der Waals surface area contributed by atoms with E-state index < -0.39 is 0 Å². The van der Waals surface area contributed by atoms with Crippen molar-refractivity contribution in [3.63, 3.8) is 0 Å². The van der Waals surface area contributed by atoms with Crippen LogP contribution < -0.4 is 10.1 Å². The molecule has 2 saturated heterocycles. The first-order valence-electron chi connectivity index (χ1n) is 8.67. The minimum Gasteiger partial charge on any atom is -0.484 e. The Bertz CT molecular complexity index is 524. The summed E-state index contributed by atoms with van der Waals surface area (Å²) in [6.45, 7) is 1.78. The molecule has 0 saturated carbocycles. The minimum atomic E-state index is 0.0898. The number of nitrogens with one attached hydrogen (secondary N) is 1. The van der Waals surface area contributed by atoms with Gasteiger partial charge in [0.15, 0.2) is 6.61 Å². The third-order valence-electron chi connectivity index (χ3n) is 4.60. The van der Waals surface area contributed by atoms with Crippen molar-refractivity contribution in [2.45, 2.75) is 29.9 Å². The fourth-order valence-corrected chi connectivity index (χ4v) is 5.95. The first kappa shape index (κ1) is 18.0. The number of carbonyl (C=O) groups is 1. The van der Waals surface area contributed by atoms with Crippen molar-refractivity contribution < 1.29 is 9.53 Å². The molecule has 24 heavy (non-hydrogen) atoms. The van der Waals surface area contributed by atoms with E-state index in [1.54, 1.807) is 0 Å². The fraction of sp³-hybridized carbons (Fsp3) is 0.611. The van der Waals surface area contributed by atoms with Crippen molar-refractivity contribution in [1.29, 1.82) is 0 Å². The minimum absolute atomic E-state index is 0.0898. The molecule has 0 unspecified atom stereocenters. The third kappa shape index (κ3) is 4.83. The number of carbonyl (C=O) groups excluding carboxylic acids is 1. The van der Waals surface area contributed by atoms with Gasteiger partial charge in [0.1, 0.15) is 5.75 Å². The first-order valence-corrected chi connectivity index (χ1v) is 10.8. The number of hydrogen-bond acceptors (Lipinski definition) is 5. The van der Waals surface area contributed by atoms with Gasteiger partial charge >= 0.3 is 0 Å². The predicted molar refractivity (Wildman–Crippen MR) is 103 cm³/mol. The quantitative estimate of drug-likeness (QED) is 0.867. The van der Waals surface area contributed by atoms with Gasteiger partial charge < -0.3 is 15.0 Å². The van der Waals surface area contributed by atoms with Crippen molar-refractivity contribution >= 4 is 29.4 Å². The Morgan fingerprint density at radius 2 is 1.88 bits per heavy atom. The summed E-state index contributed by atoms with van der Waals surface area (Å²) >= 11 is 4.03. The number of rotatable bonds is 5. The monoisotopic (exact) mass is 366 g/mol. The van der Waals surface area contributed by atoms with Gasteiger partial charge in [-0.05, 0) is 55.5 Å². The number of thioether (sulfide) groups is 2. The van der Waals surface area contributed by atoms with Gasteiger partial charge in [-0.15, -0.1) is 23.5 Å². The molecule has 0 aliphatic carbocycles. The molecular formula is C18H26N2O2S2. The van der Waals surface area contributed by atoms with Gasteiger partial charge in [0.2, 0.25) is 0 Å². The predicted octanol–water partition coefficient (Wildman–Crippen LogP) is 3.14. The van der Waals surface area contributed by atoms with Gasteiger partial charge in [0, 0.05) is 19.1 Å². The zero-order valence-corrected chi connectivity index (χ0v) is 15.8. The summed E-state index contributed by atoms with van der Waals surface area (Å²) in [6, 6.07) is 8.79. The van der Waals surface area contributed by atoms with Crippen LogP contribution in [0.5, 0.6) is 5.75 Å². The van der Waals surface area contributed by atoms with Crippen molar-refractivity contribution in [2.24, 2.45) is 0 Å². The second-order valence-electron chi connectivity index (χ2n) is 6.23. The van der Waals surface area contributed by atoms with Gasteiger partial charge in [0.25, 0.3) is 5.91 Å². The standard InChI is InChI=1S/C18H26N2O2S2/c1-19-15-7-9-20(10-8-15)17(21)13-22-16-5-3-14(4-6-16)18-23-11-2-12-24-18/h3-6,15,18-19H,2,7-13H2,1H3. The fourth-order valence-electron chi connectivity index (χ4n) is 3.06. The molecule has 132 valence electrons. The highest BCUT2D eigenvalue weighted by Gasteiger charge is 2.22. The van der Waals surface area contributed by atoms with Crippen molar-refractivity contribution in [3.8, 4) is 5.75 Å². The molecule has 0 bridgehead atoms. The molecule has 4 nitrogen and oxygen atoms in total. The molecule has 2 heterocycles. The number of likely N-dealkylation sites (tertiary alicyclic amines) is 1. The molecule has 0 radical (unpaired) electrons. The third-order valence-corrected chi connectivity index (χ3v) is 7.61. The Morgan fingerprint density at radius 3 is 2.50 bits per heavy atom. The maximum atomic E-state index is 12.3.